The third-order valence-corrected chi connectivity index (χ3v) is 3.28. The van der Waals surface area contributed by atoms with Crippen molar-refractivity contribution in [2.45, 2.75) is 13.8 Å². The minimum Gasteiger partial charge on any atom is -0.334 e. The van der Waals surface area contributed by atoms with E-state index in [-0.39, 0.29) is 0 Å². The van der Waals surface area contributed by atoms with Gasteiger partial charge in [0.25, 0.3) is 0 Å². The first-order chi connectivity index (χ1) is 11.7. The van der Waals surface area contributed by atoms with Gasteiger partial charge in [0.05, 0.1) is 24.6 Å². The maximum atomic E-state index is 10.6. The fourth-order valence-corrected chi connectivity index (χ4v) is 2.14. The highest BCUT2D eigenvalue weighted by Gasteiger charge is 2.06. The van der Waals surface area contributed by atoms with Crippen LogP contribution in [0, 0.1) is 0 Å². The molecule has 1 aromatic carbocycles. The molecule has 0 bridgehead atoms. The molecule has 1 aromatic rings. The Hall–Kier alpha value is -2.00. The van der Waals surface area contributed by atoms with Crippen molar-refractivity contribution in [1.29, 1.82) is 0 Å². The van der Waals surface area contributed by atoms with Gasteiger partial charge in [-0.1, -0.05) is 12.1 Å². The van der Waals surface area contributed by atoms with Gasteiger partial charge in [-0.3, -0.25) is 9.68 Å². The zero-order valence-electron chi connectivity index (χ0n) is 13.2. The molecule has 0 saturated heterocycles. The Morgan fingerprint density at radius 1 is 0.917 bits per heavy atom. The van der Waals surface area contributed by atoms with Crippen LogP contribution >= 0.6 is 21.9 Å². The number of anilines is 2. The van der Waals surface area contributed by atoms with Crippen molar-refractivity contribution < 1.29 is 19.3 Å². The van der Waals surface area contributed by atoms with E-state index in [1.54, 1.807) is 22.6 Å². The van der Waals surface area contributed by atoms with E-state index in [9.17, 15) is 9.59 Å². The van der Waals surface area contributed by atoms with E-state index in [0.717, 1.165) is 21.9 Å². The molecule has 0 spiro atoms. The van der Waals surface area contributed by atoms with Crippen molar-refractivity contribution in [3.63, 3.8) is 0 Å². The average molecular weight is 370 g/mol. The number of hydrogen-bond donors (Lipinski definition) is 4. The normalized spacial score (nSPS) is 9.42. The molecule has 0 radical (unpaired) electrons. The predicted octanol–water partition coefficient (Wildman–Crippen LogP) is 1.37. The van der Waals surface area contributed by atoms with Crippen molar-refractivity contribution >= 4 is 53.9 Å². The summed E-state index contributed by atoms with van der Waals surface area (Å²) in [5.41, 5.74) is 6.53. The minimum absolute atomic E-state index is 0.357. The number of carbonyl (C=O) groups excluding carboxylic acids is 2. The van der Waals surface area contributed by atoms with Crippen LogP contribution in [0.3, 0.4) is 0 Å². The fourth-order valence-electron chi connectivity index (χ4n) is 1.45. The molecule has 0 amide bonds. The smallest absolute Gasteiger partial charge is 0.194 e. The Morgan fingerprint density at radius 3 is 1.67 bits per heavy atom. The summed E-state index contributed by atoms with van der Waals surface area (Å²) in [4.78, 5) is 31.4. The third-order valence-electron chi connectivity index (χ3n) is 2.33. The van der Waals surface area contributed by atoms with Crippen molar-refractivity contribution in [3.05, 3.63) is 24.3 Å². The Labute approximate surface area is 146 Å². The van der Waals surface area contributed by atoms with E-state index in [1.807, 2.05) is 26.0 Å². The molecule has 130 valence electrons. The summed E-state index contributed by atoms with van der Waals surface area (Å²) in [6.45, 7) is 4.46. The molecule has 0 aliphatic rings. The lowest BCUT2D eigenvalue weighted by atomic mass is 10.2. The second-order valence-electron chi connectivity index (χ2n) is 3.89. The van der Waals surface area contributed by atoms with Gasteiger partial charge >= 0.3 is 0 Å². The van der Waals surface area contributed by atoms with E-state index >= 15 is 0 Å². The summed E-state index contributed by atoms with van der Waals surface area (Å²) in [5, 5.41) is 10.2. The van der Waals surface area contributed by atoms with E-state index in [2.05, 4.69) is 21.6 Å². The summed E-state index contributed by atoms with van der Waals surface area (Å²) in [6.07, 6.45) is 0. The first-order valence-electron chi connectivity index (χ1n) is 6.95. The molecule has 0 atom stereocenters. The van der Waals surface area contributed by atoms with E-state index < -0.39 is 0 Å². The zero-order chi connectivity index (χ0) is 17.6. The van der Waals surface area contributed by atoms with Crippen LogP contribution < -0.4 is 21.6 Å². The lowest BCUT2D eigenvalue weighted by Crippen LogP contribution is -2.31. The van der Waals surface area contributed by atoms with Crippen molar-refractivity contribution in [1.82, 2.24) is 11.0 Å². The topological polar surface area (TPSA) is 101 Å². The SMILES string of the molecule is CCONC(Nc1ccccc1NC(NOCC)=S=C=O)=S=C=O. The molecule has 0 unspecified atom stereocenters. The molecule has 24 heavy (non-hydrogen) atoms. The Balaban J connectivity index is 3.02. The van der Waals surface area contributed by atoms with Crippen LogP contribution in [0.25, 0.3) is 0 Å². The van der Waals surface area contributed by atoms with E-state index in [0.29, 0.717) is 34.8 Å². The lowest BCUT2D eigenvalue weighted by Gasteiger charge is -2.15. The quantitative estimate of drug-likeness (QED) is 0.440. The molecule has 8 nitrogen and oxygen atoms in total. The summed E-state index contributed by atoms with van der Waals surface area (Å²) in [7, 11) is 1.57. The number of rotatable bonds is 6. The molecule has 0 aromatic heterocycles. The standard InChI is InChI=1S/C14H18N4O4S2/c1-3-21-17-13(23-9-19)15-11-7-5-6-8-12(11)16-14(24-10-20)18-22-4-2/h5-8,15-18H,3-4H2,1-2H3. The highest BCUT2D eigenvalue weighted by atomic mass is 32.1. The molecular formula is C14H18N4O4S2. The second kappa shape index (κ2) is 12.4. The number of nitrogens with one attached hydrogen (secondary N) is 4. The largest absolute Gasteiger partial charge is 0.334 e. The molecule has 0 aliphatic heterocycles. The van der Waals surface area contributed by atoms with Crippen LogP contribution in [0.2, 0.25) is 0 Å². The van der Waals surface area contributed by atoms with Gasteiger partial charge < -0.3 is 10.6 Å². The Kier molecular flexibility index (Phi) is 10.4. The maximum absolute atomic E-state index is 10.6. The lowest BCUT2D eigenvalue weighted by molar-refractivity contribution is 0.0985. The van der Waals surface area contributed by atoms with Gasteiger partial charge in [0, 0.05) is 0 Å². The van der Waals surface area contributed by atoms with Gasteiger partial charge in [-0.25, -0.2) is 9.59 Å². The summed E-state index contributed by atoms with van der Waals surface area (Å²) in [5.74, 6) is 0. The zero-order valence-corrected chi connectivity index (χ0v) is 14.8. The molecule has 10 heteroatoms. The average Bonchev–Trinajstić information content (AvgIpc) is 2.59. The third kappa shape index (κ3) is 7.51. The number of hydrogen-bond acceptors (Lipinski definition) is 4. The minimum atomic E-state index is 0.357. The molecule has 0 fully saturated rings. The van der Waals surface area contributed by atoms with Gasteiger partial charge in [-0.05, 0) is 47.9 Å². The Bertz CT molecular complexity index is 656. The number of hydroxylamine groups is 2. The van der Waals surface area contributed by atoms with Crippen molar-refractivity contribution in [2.24, 2.45) is 0 Å². The fraction of sp³-hybridized carbons (Fsp3) is 0.286. The highest BCUT2D eigenvalue weighted by Crippen LogP contribution is 2.20. The predicted molar refractivity (Wildman–Crippen MR) is 99.8 cm³/mol. The maximum Gasteiger partial charge on any atom is 0.194 e. The second-order valence-corrected chi connectivity index (χ2v) is 5.45. The monoisotopic (exact) mass is 370 g/mol. The van der Waals surface area contributed by atoms with Gasteiger partial charge in [0.1, 0.15) is 0 Å². The van der Waals surface area contributed by atoms with Crippen LogP contribution in [-0.2, 0) is 19.3 Å². The van der Waals surface area contributed by atoms with Crippen LogP contribution in [0.1, 0.15) is 13.8 Å². The van der Waals surface area contributed by atoms with Gasteiger partial charge in [0.2, 0.25) is 0 Å². The van der Waals surface area contributed by atoms with Gasteiger partial charge in [0.15, 0.2) is 20.7 Å². The van der Waals surface area contributed by atoms with E-state index in [1.165, 1.54) is 0 Å². The van der Waals surface area contributed by atoms with E-state index in [4.69, 9.17) is 9.68 Å². The van der Waals surface area contributed by atoms with Crippen molar-refractivity contribution in [3.8, 4) is 0 Å². The number of benzene rings is 1. The summed E-state index contributed by atoms with van der Waals surface area (Å²) in [6, 6.07) is 7.20. The van der Waals surface area contributed by atoms with Gasteiger partial charge in [-0.2, -0.15) is 0 Å². The first kappa shape index (κ1) is 20.0. The van der Waals surface area contributed by atoms with Crippen LogP contribution in [0.4, 0.5) is 11.4 Å². The summed E-state index contributed by atoms with van der Waals surface area (Å²) < 4.78 is 0. The molecule has 4 N–H and O–H groups in total. The molecule has 0 aliphatic carbocycles. The molecule has 0 heterocycles. The molecule has 1 rings (SSSR count). The number of para-hydroxylation sites is 2. The van der Waals surface area contributed by atoms with Crippen LogP contribution in [0.5, 0.6) is 0 Å². The van der Waals surface area contributed by atoms with Crippen LogP contribution in [-0.4, -0.2) is 33.9 Å². The molecule has 0 saturated carbocycles. The Morgan fingerprint density at radius 2 is 1.33 bits per heavy atom. The highest BCUT2D eigenvalue weighted by molar-refractivity contribution is 7.96. The molecular weight excluding hydrogens is 352 g/mol. The summed E-state index contributed by atoms with van der Waals surface area (Å²) >= 11 is 0. The first-order valence-corrected chi connectivity index (χ1v) is 8.58. The van der Waals surface area contributed by atoms with Gasteiger partial charge in [-0.15, -0.1) is 11.0 Å². The van der Waals surface area contributed by atoms with Crippen LogP contribution in [0.15, 0.2) is 24.3 Å². The van der Waals surface area contributed by atoms with Crippen molar-refractivity contribution in [2.75, 3.05) is 23.8 Å².